The first-order valence-corrected chi connectivity index (χ1v) is 7.21. The summed E-state index contributed by atoms with van der Waals surface area (Å²) in [4.78, 5) is 32.7. The minimum absolute atomic E-state index is 0.0999. The normalized spacial score (nSPS) is 17.2. The summed E-state index contributed by atoms with van der Waals surface area (Å²) < 4.78 is 0. The van der Waals surface area contributed by atoms with Crippen LogP contribution in [0.25, 0.3) is 11.4 Å². The molecule has 0 saturated carbocycles. The van der Waals surface area contributed by atoms with Gasteiger partial charge in [0.05, 0.1) is 12.5 Å². The fourth-order valence-electron chi connectivity index (χ4n) is 2.54. The van der Waals surface area contributed by atoms with Crippen molar-refractivity contribution in [3.63, 3.8) is 0 Å². The Morgan fingerprint density at radius 1 is 1.39 bits per heavy atom. The van der Waals surface area contributed by atoms with Crippen molar-refractivity contribution in [2.45, 2.75) is 18.9 Å². The molecule has 3 rings (SSSR count). The summed E-state index contributed by atoms with van der Waals surface area (Å²) >= 11 is 0. The van der Waals surface area contributed by atoms with E-state index in [1.807, 2.05) is 0 Å². The van der Waals surface area contributed by atoms with Gasteiger partial charge < -0.3 is 15.3 Å². The second kappa shape index (κ2) is 6.42. The van der Waals surface area contributed by atoms with Crippen molar-refractivity contribution in [2.75, 3.05) is 13.1 Å². The highest BCUT2D eigenvalue weighted by atomic mass is 16.4. The number of amides is 2. The molecule has 0 spiro atoms. The van der Waals surface area contributed by atoms with Gasteiger partial charge in [-0.3, -0.25) is 14.9 Å². The van der Waals surface area contributed by atoms with E-state index in [2.05, 4.69) is 25.5 Å². The van der Waals surface area contributed by atoms with Crippen molar-refractivity contribution in [3.8, 4) is 11.4 Å². The largest absolute Gasteiger partial charge is 0.465 e. The highest BCUT2D eigenvalue weighted by Gasteiger charge is 2.27. The molecule has 1 saturated heterocycles. The van der Waals surface area contributed by atoms with Crippen LogP contribution in [0.3, 0.4) is 0 Å². The van der Waals surface area contributed by atoms with Crippen LogP contribution in [0.1, 0.15) is 12.2 Å². The van der Waals surface area contributed by atoms with E-state index < -0.39 is 6.09 Å². The van der Waals surface area contributed by atoms with E-state index >= 15 is 0 Å². The predicted octanol–water partition coefficient (Wildman–Crippen LogP) is 0.278. The Morgan fingerprint density at radius 3 is 2.91 bits per heavy atom. The van der Waals surface area contributed by atoms with Crippen molar-refractivity contribution in [1.82, 2.24) is 30.4 Å². The number of aromatic nitrogens is 4. The molecule has 9 nitrogen and oxygen atoms in total. The molecule has 2 aromatic rings. The standard InChI is InChI=1S/C14H16N6O3/c21-12(20-6-3-10(8-20)16-14(22)23)7-11-17-13(19-18-11)9-1-4-15-5-2-9/h1-2,4-5,10,16H,3,6-8H2,(H,22,23)(H,17,18,19). The van der Waals surface area contributed by atoms with Gasteiger partial charge in [0.1, 0.15) is 5.82 Å². The van der Waals surface area contributed by atoms with Gasteiger partial charge in [0.25, 0.3) is 0 Å². The van der Waals surface area contributed by atoms with Crippen LogP contribution in [0.15, 0.2) is 24.5 Å². The zero-order valence-electron chi connectivity index (χ0n) is 12.3. The molecular formula is C14H16N6O3. The third-order valence-electron chi connectivity index (χ3n) is 3.66. The van der Waals surface area contributed by atoms with Gasteiger partial charge in [-0.25, -0.2) is 9.78 Å². The van der Waals surface area contributed by atoms with Crippen molar-refractivity contribution >= 4 is 12.0 Å². The highest BCUT2D eigenvalue weighted by molar-refractivity contribution is 5.78. The van der Waals surface area contributed by atoms with Gasteiger partial charge in [0.2, 0.25) is 5.91 Å². The Kier molecular flexibility index (Phi) is 4.18. The number of hydrogen-bond donors (Lipinski definition) is 3. The molecule has 0 aromatic carbocycles. The molecule has 2 amide bonds. The van der Waals surface area contributed by atoms with Crippen molar-refractivity contribution in [1.29, 1.82) is 0 Å². The van der Waals surface area contributed by atoms with Crippen LogP contribution in [0.4, 0.5) is 4.79 Å². The molecule has 1 aliphatic heterocycles. The maximum Gasteiger partial charge on any atom is 0.404 e. The van der Waals surface area contributed by atoms with Gasteiger partial charge in [0.15, 0.2) is 5.82 Å². The first-order valence-electron chi connectivity index (χ1n) is 7.21. The average Bonchev–Trinajstić information content (AvgIpc) is 3.17. The summed E-state index contributed by atoms with van der Waals surface area (Å²) in [6, 6.07) is 3.37. The summed E-state index contributed by atoms with van der Waals surface area (Å²) in [6.45, 7) is 0.922. The summed E-state index contributed by atoms with van der Waals surface area (Å²) in [5.41, 5.74) is 0.821. The third-order valence-corrected chi connectivity index (χ3v) is 3.66. The summed E-state index contributed by atoms with van der Waals surface area (Å²) in [7, 11) is 0. The molecule has 2 aromatic heterocycles. The van der Waals surface area contributed by atoms with Gasteiger partial charge in [-0.2, -0.15) is 5.10 Å². The molecule has 3 N–H and O–H groups in total. The molecule has 9 heteroatoms. The molecule has 0 radical (unpaired) electrons. The Labute approximate surface area is 131 Å². The SMILES string of the molecule is O=C(O)NC1CCN(C(=O)Cc2nc(-c3ccncc3)n[nH]2)C1. The van der Waals surface area contributed by atoms with Crippen LogP contribution >= 0.6 is 0 Å². The lowest BCUT2D eigenvalue weighted by molar-refractivity contribution is -0.129. The van der Waals surface area contributed by atoms with Crippen LogP contribution in [0.2, 0.25) is 0 Å². The number of carbonyl (C=O) groups is 2. The van der Waals surface area contributed by atoms with Gasteiger partial charge in [0, 0.05) is 31.0 Å². The van der Waals surface area contributed by atoms with Gasteiger partial charge in [-0.15, -0.1) is 0 Å². The average molecular weight is 316 g/mol. The lowest BCUT2D eigenvalue weighted by Crippen LogP contribution is -2.38. The molecule has 1 atom stereocenters. The molecule has 1 aliphatic rings. The summed E-state index contributed by atoms with van der Waals surface area (Å²) in [6.07, 6.45) is 2.96. The highest BCUT2D eigenvalue weighted by Crippen LogP contribution is 2.14. The summed E-state index contributed by atoms with van der Waals surface area (Å²) in [5, 5.41) is 18.0. The fraction of sp³-hybridized carbons (Fsp3) is 0.357. The van der Waals surface area contributed by atoms with Crippen LogP contribution in [-0.2, 0) is 11.2 Å². The number of aromatic amines is 1. The van der Waals surface area contributed by atoms with E-state index in [1.165, 1.54) is 0 Å². The van der Waals surface area contributed by atoms with Crippen LogP contribution in [-0.4, -0.2) is 61.3 Å². The molecule has 23 heavy (non-hydrogen) atoms. The van der Waals surface area contributed by atoms with Crippen molar-refractivity contribution < 1.29 is 14.7 Å². The zero-order chi connectivity index (χ0) is 16.2. The molecule has 3 heterocycles. The first kappa shape index (κ1) is 14.9. The van der Waals surface area contributed by atoms with Crippen LogP contribution in [0.5, 0.6) is 0 Å². The van der Waals surface area contributed by atoms with E-state index in [0.29, 0.717) is 31.2 Å². The molecule has 120 valence electrons. The predicted molar refractivity (Wildman–Crippen MR) is 79.5 cm³/mol. The number of nitrogens with zero attached hydrogens (tertiary/aromatic N) is 4. The van der Waals surface area contributed by atoms with Crippen LogP contribution < -0.4 is 5.32 Å². The number of likely N-dealkylation sites (tertiary alicyclic amines) is 1. The van der Waals surface area contributed by atoms with Gasteiger partial charge in [-0.1, -0.05) is 0 Å². The topological polar surface area (TPSA) is 124 Å². The second-order valence-corrected chi connectivity index (χ2v) is 5.29. The van der Waals surface area contributed by atoms with Crippen LogP contribution in [0, 0.1) is 0 Å². The molecule has 0 bridgehead atoms. The lowest BCUT2D eigenvalue weighted by atomic mass is 10.2. The lowest BCUT2D eigenvalue weighted by Gasteiger charge is -2.15. The zero-order valence-corrected chi connectivity index (χ0v) is 12.3. The fourth-order valence-corrected chi connectivity index (χ4v) is 2.54. The second-order valence-electron chi connectivity index (χ2n) is 5.29. The maximum atomic E-state index is 12.2. The first-order chi connectivity index (χ1) is 11.1. The quantitative estimate of drug-likeness (QED) is 0.744. The Hall–Kier alpha value is -2.97. The van der Waals surface area contributed by atoms with E-state index in [4.69, 9.17) is 5.11 Å². The van der Waals surface area contributed by atoms with E-state index in [0.717, 1.165) is 5.56 Å². The Balaban J connectivity index is 1.59. The van der Waals surface area contributed by atoms with Gasteiger partial charge >= 0.3 is 6.09 Å². The third kappa shape index (κ3) is 3.62. The minimum Gasteiger partial charge on any atom is -0.465 e. The van der Waals surface area contributed by atoms with Crippen molar-refractivity contribution in [3.05, 3.63) is 30.4 Å². The maximum absolute atomic E-state index is 12.2. The number of nitrogens with one attached hydrogen (secondary N) is 2. The van der Waals surface area contributed by atoms with Gasteiger partial charge in [-0.05, 0) is 18.6 Å². The molecule has 1 unspecified atom stereocenters. The molecule has 1 fully saturated rings. The molecule has 0 aliphatic carbocycles. The number of rotatable bonds is 4. The Morgan fingerprint density at radius 2 is 2.17 bits per heavy atom. The summed E-state index contributed by atoms with van der Waals surface area (Å²) in [5.74, 6) is 0.899. The number of carbonyl (C=O) groups excluding carboxylic acids is 1. The van der Waals surface area contributed by atoms with E-state index in [-0.39, 0.29) is 18.4 Å². The number of pyridine rings is 1. The van der Waals surface area contributed by atoms with E-state index in [9.17, 15) is 9.59 Å². The number of carboxylic acid groups (broad SMARTS) is 1. The minimum atomic E-state index is -1.07. The Bertz CT molecular complexity index is 702. The van der Waals surface area contributed by atoms with E-state index in [1.54, 1.807) is 29.4 Å². The number of hydrogen-bond acceptors (Lipinski definition) is 5. The van der Waals surface area contributed by atoms with Crippen molar-refractivity contribution in [2.24, 2.45) is 0 Å². The monoisotopic (exact) mass is 316 g/mol. The molecular weight excluding hydrogens is 300 g/mol. The number of H-pyrrole nitrogens is 1. The smallest absolute Gasteiger partial charge is 0.404 e.